The lowest BCUT2D eigenvalue weighted by atomic mass is 10.3. The summed E-state index contributed by atoms with van der Waals surface area (Å²) in [6.07, 6.45) is -0.0195. The average molecular weight is 224 g/mol. The van der Waals surface area contributed by atoms with Gasteiger partial charge in [0.2, 0.25) is 0 Å². The summed E-state index contributed by atoms with van der Waals surface area (Å²) < 4.78 is 5.10. The predicted molar refractivity (Wildman–Crippen MR) is 57.7 cm³/mol. The minimum atomic E-state index is -0.444. The van der Waals surface area contributed by atoms with Gasteiger partial charge in [-0.3, -0.25) is 0 Å². The molecule has 0 saturated carbocycles. The first kappa shape index (κ1) is 10.3. The molecule has 0 radical (unpaired) electrons. The van der Waals surface area contributed by atoms with E-state index in [1.165, 1.54) is 4.88 Å². The van der Waals surface area contributed by atoms with Gasteiger partial charge < -0.3 is 9.63 Å². The summed E-state index contributed by atoms with van der Waals surface area (Å²) in [5.74, 6) is 1.08. The molecule has 80 valence electrons. The minimum Gasteiger partial charge on any atom is -0.393 e. The molecule has 5 heteroatoms. The zero-order chi connectivity index (χ0) is 10.8. The largest absolute Gasteiger partial charge is 0.393 e. The Bertz CT molecular complexity index is 448. The second kappa shape index (κ2) is 4.12. The van der Waals surface area contributed by atoms with E-state index in [1.54, 1.807) is 18.3 Å². The third kappa shape index (κ3) is 2.43. The SMILES string of the molecule is Cc1ccc(-c2nc(CC(C)O)no2)s1. The van der Waals surface area contributed by atoms with Crippen LogP contribution in [0.3, 0.4) is 0 Å². The number of aliphatic hydroxyl groups excluding tert-OH is 1. The van der Waals surface area contributed by atoms with Gasteiger partial charge in [0.15, 0.2) is 5.82 Å². The van der Waals surface area contributed by atoms with Crippen LogP contribution in [-0.2, 0) is 6.42 Å². The maximum Gasteiger partial charge on any atom is 0.267 e. The Morgan fingerprint density at radius 3 is 2.93 bits per heavy atom. The number of thiophene rings is 1. The maximum absolute atomic E-state index is 9.17. The van der Waals surface area contributed by atoms with Gasteiger partial charge in [0.1, 0.15) is 0 Å². The average Bonchev–Trinajstić information content (AvgIpc) is 2.72. The quantitative estimate of drug-likeness (QED) is 0.866. The van der Waals surface area contributed by atoms with E-state index in [9.17, 15) is 5.11 Å². The van der Waals surface area contributed by atoms with Crippen molar-refractivity contribution < 1.29 is 9.63 Å². The van der Waals surface area contributed by atoms with Crippen molar-refractivity contribution in [3.63, 3.8) is 0 Å². The van der Waals surface area contributed by atoms with Gasteiger partial charge in [0.05, 0.1) is 11.0 Å². The summed E-state index contributed by atoms with van der Waals surface area (Å²) in [5.41, 5.74) is 0. The van der Waals surface area contributed by atoms with Gasteiger partial charge in [0, 0.05) is 11.3 Å². The van der Waals surface area contributed by atoms with E-state index in [0.29, 0.717) is 18.1 Å². The third-order valence-corrected chi connectivity index (χ3v) is 2.89. The molecule has 0 amide bonds. The second-order valence-electron chi connectivity index (χ2n) is 3.48. The molecule has 0 saturated heterocycles. The number of rotatable bonds is 3. The van der Waals surface area contributed by atoms with Crippen molar-refractivity contribution in [2.45, 2.75) is 26.4 Å². The Morgan fingerprint density at radius 2 is 2.33 bits per heavy atom. The lowest BCUT2D eigenvalue weighted by molar-refractivity contribution is 0.191. The first-order chi connectivity index (χ1) is 7.15. The highest BCUT2D eigenvalue weighted by Gasteiger charge is 2.11. The highest BCUT2D eigenvalue weighted by Crippen LogP contribution is 2.25. The van der Waals surface area contributed by atoms with Crippen LogP contribution in [0.1, 0.15) is 17.6 Å². The van der Waals surface area contributed by atoms with Crippen LogP contribution >= 0.6 is 11.3 Å². The molecule has 1 atom stereocenters. The van der Waals surface area contributed by atoms with Gasteiger partial charge in [-0.05, 0) is 26.0 Å². The van der Waals surface area contributed by atoms with Crippen molar-refractivity contribution in [2.24, 2.45) is 0 Å². The van der Waals surface area contributed by atoms with Crippen LogP contribution in [0.15, 0.2) is 16.7 Å². The van der Waals surface area contributed by atoms with Gasteiger partial charge in [0.25, 0.3) is 5.89 Å². The van der Waals surface area contributed by atoms with E-state index < -0.39 is 6.10 Å². The first-order valence-electron chi connectivity index (χ1n) is 4.72. The van der Waals surface area contributed by atoms with Crippen LogP contribution in [-0.4, -0.2) is 21.4 Å². The fraction of sp³-hybridized carbons (Fsp3) is 0.400. The molecule has 0 aliphatic rings. The molecule has 15 heavy (non-hydrogen) atoms. The molecule has 0 bridgehead atoms. The van der Waals surface area contributed by atoms with Crippen molar-refractivity contribution in [1.82, 2.24) is 10.1 Å². The molecule has 2 aromatic heterocycles. The summed E-state index contributed by atoms with van der Waals surface area (Å²) >= 11 is 1.61. The summed E-state index contributed by atoms with van der Waals surface area (Å²) in [4.78, 5) is 6.38. The molecular formula is C10H12N2O2S. The Kier molecular flexibility index (Phi) is 2.83. The van der Waals surface area contributed by atoms with Crippen LogP contribution in [0.25, 0.3) is 10.8 Å². The van der Waals surface area contributed by atoms with Crippen LogP contribution in [0.4, 0.5) is 0 Å². The van der Waals surface area contributed by atoms with Gasteiger partial charge in [-0.25, -0.2) is 0 Å². The smallest absolute Gasteiger partial charge is 0.267 e. The standard InChI is InChI=1S/C10H12N2O2S/c1-6(13)5-9-11-10(14-12-9)8-4-3-7(2)15-8/h3-4,6,13H,5H2,1-2H3. The maximum atomic E-state index is 9.17. The Hall–Kier alpha value is -1.20. The number of nitrogens with zero attached hydrogens (tertiary/aromatic N) is 2. The van der Waals surface area contributed by atoms with Gasteiger partial charge in [-0.2, -0.15) is 4.98 Å². The summed E-state index contributed by atoms with van der Waals surface area (Å²) in [6.45, 7) is 3.73. The number of aromatic nitrogens is 2. The number of aliphatic hydroxyl groups is 1. The van der Waals surface area contributed by atoms with Crippen LogP contribution < -0.4 is 0 Å². The Labute approximate surface area is 91.6 Å². The molecule has 0 aliphatic carbocycles. The van der Waals surface area contributed by atoms with Crippen molar-refractivity contribution >= 4 is 11.3 Å². The minimum absolute atomic E-state index is 0.424. The van der Waals surface area contributed by atoms with Crippen molar-refractivity contribution in [1.29, 1.82) is 0 Å². The lowest BCUT2D eigenvalue weighted by Crippen LogP contribution is -2.05. The molecule has 2 aromatic rings. The highest BCUT2D eigenvalue weighted by molar-refractivity contribution is 7.15. The van der Waals surface area contributed by atoms with Crippen LogP contribution in [0.2, 0.25) is 0 Å². The summed E-state index contributed by atoms with van der Waals surface area (Å²) in [5, 5.41) is 13.0. The predicted octanol–water partition coefficient (Wildman–Crippen LogP) is 2.03. The van der Waals surface area contributed by atoms with Crippen molar-refractivity contribution in [2.75, 3.05) is 0 Å². The molecule has 1 unspecified atom stereocenters. The topological polar surface area (TPSA) is 59.2 Å². The molecule has 0 aromatic carbocycles. The number of hydrogen-bond donors (Lipinski definition) is 1. The number of hydrogen-bond acceptors (Lipinski definition) is 5. The fourth-order valence-electron chi connectivity index (χ4n) is 1.25. The third-order valence-electron chi connectivity index (χ3n) is 1.90. The molecule has 2 heterocycles. The van der Waals surface area contributed by atoms with E-state index in [2.05, 4.69) is 10.1 Å². The zero-order valence-corrected chi connectivity index (χ0v) is 9.41. The van der Waals surface area contributed by atoms with E-state index in [0.717, 1.165) is 4.88 Å². The number of aryl methyl sites for hydroxylation is 1. The monoisotopic (exact) mass is 224 g/mol. The van der Waals surface area contributed by atoms with E-state index in [-0.39, 0.29) is 0 Å². The fourth-order valence-corrected chi connectivity index (χ4v) is 2.04. The highest BCUT2D eigenvalue weighted by atomic mass is 32.1. The van der Waals surface area contributed by atoms with Crippen LogP contribution in [0.5, 0.6) is 0 Å². The van der Waals surface area contributed by atoms with Gasteiger partial charge in [-0.15, -0.1) is 11.3 Å². The van der Waals surface area contributed by atoms with Crippen molar-refractivity contribution in [3.8, 4) is 10.8 Å². The second-order valence-corrected chi connectivity index (χ2v) is 4.77. The van der Waals surface area contributed by atoms with E-state index >= 15 is 0 Å². The molecule has 0 fully saturated rings. The molecule has 2 rings (SSSR count). The van der Waals surface area contributed by atoms with Crippen LogP contribution in [0, 0.1) is 6.92 Å². The molecule has 4 nitrogen and oxygen atoms in total. The molecule has 0 aliphatic heterocycles. The molecule has 1 N–H and O–H groups in total. The van der Waals surface area contributed by atoms with Gasteiger partial charge in [-0.1, -0.05) is 5.16 Å². The Morgan fingerprint density at radius 1 is 1.53 bits per heavy atom. The molecule has 0 spiro atoms. The Balaban J connectivity index is 2.20. The first-order valence-corrected chi connectivity index (χ1v) is 5.54. The molecular weight excluding hydrogens is 212 g/mol. The summed E-state index contributed by atoms with van der Waals surface area (Å²) in [7, 11) is 0. The lowest BCUT2D eigenvalue weighted by Gasteiger charge is -1.95. The summed E-state index contributed by atoms with van der Waals surface area (Å²) in [6, 6.07) is 3.97. The van der Waals surface area contributed by atoms with E-state index in [1.807, 2.05) is 19.1 Å². The van der Waals surface area contributed by atoms with Crippen molar-refractivity contribution in [3.05, 3.63) is 22.8 Å². The zero-order valence-electron chi connectivity index (χ0n) is 8.60. The normalized spacial score (nSPS) is 13.0. The van der Waals surface area contributed by atoms with E-state index in [4.69, 9.17) is 4.52 Å². The van der Waals surface area contributed by atoms with Gasteiger partial charge >= 0.3 is 0 Å².